The molecule has 1 N–H and O–H groups in total. The predicted molar refractivity (Wildman–Crippen MR) is 58.0 cm³/mol. The highest BCUT2D eigenvalue weighted by Crippen LogP contribution is 2.02. The fourth-order valence-electron chi connectivity index (χ4n) is 0.888. The van der Waals surface area contributed by atoms with Crippen LogP contribution in [0.1, 0.15) is 24.9 Å². The van der Waals surface area contributed by atoms with E-state index >= 15 is 0 Å². The standard InChI is InChI=1S/C10H12N2OS/c1-8-11-7-10(12-8)5-3-4-6-14-9(2)13/h7H,4,6H2,1-2H3,(H,11,12). The van der Waals surface area contributed by atoms with Crippen molar-refractivity contribution in [2.45, 2.75) is 20.3 Å². The maximum atomic E-state index is 10.6. The van der Waals surface area contributed by atoms with Gasteiger partial charge < -0.3 is 4.98 Å². The Labute approximate surface area is 87.7 Å². The van der Waals surface area contributed by atoms with Gasteiger partial charge in [-0.25, -0.2) is 4.98 Å². The zero-order valence-electron chi connectivity index (χ0n) is 8.26. The second-order valence-electron chi connectivity index (χ2n) is 2.77. The minimum atomic E-state index is 0.143. The van der Waals surface area contributed by atoms with E-state index in [0.717, 1.165) is 23.7 Å². The largest absolute Gasteiger partial charge is 0.336 e. The van der Waals surface area contributed by atoms with E-state index in [1.54, 1.807) is 13.1 Å². The molecule has 0 atom stereocenters. The molecule has 1 rings (SSSR count). The van der Waals surface area contributed by atoms with Crippen LogP contribution in [-0.4, -0.2) is 20.8 Å². The van der Waals surface area contributed by atoms with E-state index in [-0.39, 0.29) is 5.12 Å². The minimum absolute atomic E-state index is 0.143. The van der Waals surface area contributed by atoms with E-state index in [2.05, 4.69) is 21.8 Å². The van der Waals surface area contributed by atoms with Gasteiger partial charge in [-0.1, -0.05) is 17.7 Å². The quantitative estimate of drug-likeness (QED) is 0.595. The fourth-order valence-corrected chi connectivity index (χ4v) is 1.38. The Morgan fingerprint density at radius 1 is 1.71 bits per heavy atom. The normalized spacial score (nSPS) is 9.29. The number of imidazole rings is 1. The zero-order chi connectivity index (χ0) is 10.4. The summed E-state index contributed by atoms with van der Waals surface area (Å²) in [6, 6.07) is 0. The van der Waals surface area contributed by atoms with Gasteiger partial charge in [0.1, 0.15) is 11.5 Å². The Kier molecular flexibility index (Phi) is 4.27. The molecule has 14 heavy (non-hydrogen) atoms. The molecule has 0 aliphatic carbocycles. The van der Waals surface area contributed by atoms with E-state index in [0.29, 0.717) is 0 Å². The van der Waals surface area contributed by atoms with Crippen molar-refractivity contribution in [3.63, 3.8) is 0 Å². The Hall–Kier alpha value is -1.21. The Morgan fingerprint density at radius 2 is 2.50 bits per heavy atom. The number of nitrogens with one attached hydrogen (secondary N) is 1. The Bertz CT molecular complexity index is 373. The lowest BCUT2D eigenvalue weighted by atomic mass is 10.4. The number of hydrogen-bond donors (Lipinski definition) is 1. The van der Waals surface area contributed by atoms with Crippen LogP contribution in [0.15, 0.2) is 6.20 Å². The summed E-state index contributed by atoms with van der Waals surface area (Å²) >= 11 is 1.30. The molecule has 4 heteroatoms. The highest BCUT2D eigenvalue weighted by atomic mass is 32.2. The maximum absolute atomic E-state index is 10.6. The van der Waals surface area contributed by atoms with Gasteiger partial charge in [-0.05, 0) is 12.8 Å². The second-order valence-corrected chi connectivity index (χ2v) is 4.05. The molecule has 0 amide bonds. The number of H-pyrrole nitrogens is 1. The Balaban J connectivity index is 2.30. The average molecular weight is 208 g/mol. The third-order valence-electron chi connectivity index (χ3n) is 1.46. The van der Waals surface area contributed by atoms with Crippen molar-refractivity contribution in [3.05, 3.63) is 17.7 Å². The van der Waals surface area contributed by atoms with Crippen molar-refractivity contribution >= 4 is 16.9 Å². The van der Waals surface area contributed by atoms with Gasteiger partial charge in [-0.2, -0.15) is 0 Å². The monoisotopic (exact) mass is 208 g/mol. The highest BCUT2D eigenvalue weighted by Gasteiger charge is 1.92. The summed E-state index contributed by atoms with van der Waals surface area (Å²) < 4.78 is 0. The van der Waals surface area contributed by atoms with Gasteiger partial charge in [0, 0.05) is 19.1 Å². The molecule has 3 nitrogen and oxygen atoms in total. The van der Waals surface area contributed by atoms with Crippen LogP contribution in [0.5, 0.6) is 0 Å². The Morgan fingerprint density at radius 3 is 3.07 bits per heavy atom. The number of aryl methyl sites for hydroxylation is 1. The van der Waals surface area contributed by atoms with Crippen LogP contribution >= 0.6 is 11.8 Å². The van der Waals surface area contributed by atoms with Crippen LogP contribution in [0.2, 0.25) is 0 Å². The summed E-state index contributed by atoms with van der Waals surface area (Å²) in [5.41, 5.74) is 0.829. The maximum Gasteiger partial charge on any atom is 0.185 e. The van der Waals surface area contributed by atoms with Crippen molar-refractivity contribution < 1.29 is 4.79 Å². The van der Waals surface area contributed by atoms with E-state index in [1.165, 1.54) is 11.8 Å². The first-order chi connectivity index (χ1) is 6.68. The van der Waals surface area contributed by atoms with E-state index in [4.69, 9.17) is 0 Å². The van der Waals surface area contributed by atoms with Crippen molar-refractivity contribution in [3.8, 4) is 11.8 Å². The van der Waals surface area contributed by atoms with Crippen molar-refractivity contribution in [1.82, 2.24) is 9.97 Å². The fraction of sp³-hybridized carbons (Fsp3) is 0.400. The van der Waals surface area contributed by atoms with Crippen molar-refractivity contribution in [1.29, 1.82) is 0 Å². The number of hydrogen-bond acceptors (Lipinski definition) is 3. The van der Waals surface area contributed by atoms with Gasteiger partial charge in [0.15, 0.2) is 5.12 Å². The lowest BCUT2D eigenvalue weighted by molar-refractivity contribution is -0.109. The van der Waals surface area contributed by atoms with Crippen LogP contribution in [0.25, 0.3) is 0 Å². The first-order valence-corrected chi connectivity index (χ1v) is 5.31. The van der Waals surface area contributed by atoms with Gasteiger partial charge in [0.25, 0.3) is 0 Å². The smallest absolute Gasteiger partial charge is 0.185 e. The van der Waals surface area contributed by atoms with Gasteiger partial charge in [0.2, 0.25) is 0 Å². The van der Waals surface area contributed by atoms with Gasteiger partial charge in [-0.3, -0.25) is 4.79 Å². The van der Waals surface area contributed by atoms with Crippen molar-refractivity contribution in [2.75, 3.05) is 5.75 Å². The van der Waals surface area contributed by atoms with Crippen molar-refractivity contribution in [2.24, 2.45) is 0 Å². The van der Waals surface area contributed by atoms with E-state index < -0.39 is 0 Å². The summed E-state index contributed by atoms with van der Waals surface area (Å²) in [4.78, 5) is 17.6. The highest BCUT2D eigenvalue weighted by molar-refractivity contribution is 8.13. The number of aromatic amines is 1. The molecule has 0 radical (unpaired) electrons. The molecule has 0 unspecified atom stereocenters. The summed E-state index contributed by atoms with van der Waals surface area (Å²) in [5, 5.41) is 0.143. The molecule has 74 valence electrons. The second kappa shape index (κ2) is 5.51. The number of rotatable bonds is 2. The third-order valence-corrected chi connectivity index (χ3v) is 2.27. The minimum Gasteiger partial charge on any atom is -0.336 e. The van der Waals surface area contributed by atoms with E-state index in [9.17, 15) is 4.79 Å². The molecule has 0 aromatic carbocycles. The van der Waals surface area contributed by atoms with Crippen LogP contribution in [0.3, 0.4) is 0 Å². The van der Waals surface area contributed by atoms with Crippen LogP contribution in [-0.2, 0) is 4.79 Å². The molecule has 0 aliphatic rings. The van der Waals surface area contributed by atoms with Gasteiger partial charge >= 0.3 is 0 Å². The summed E-state index contributed by atoms with van der Waals surface area (Å²) in [6.07, 6.45) is 2.43. The molecular formula is C10H12N2OS. The number of thioether (sulfide) groups is 1. The molecule has 0 bridgehead atoms. The summed E-state index contributed by atoms with van der Waals surface area (Å²) in [5.74, 6) is 7.55. The first-order valence-electron chi connectivity index (χ1n) is 4.32. The molecule has 1 aromatic heterocycles. The molecule has 0 saturated heterocycles. The molecular weight excluding hydrogens is 196 g/mol. The van der Waals surface area contributed by atoms with Gasteiger partial charge in [0.05, 0.1) is 6.20 Å². The predicted octanol–water partition coefficient (Wildman–Crippen LogP) is 1.74. The molecule has 1 aromatic rings. The molecule has 1 heterocycles. The number of carbonyl (C=O) groups is 1. The number of aromatic nitrogens is 2. The lowest BCUT2D eigenvalue weighted by Crippen LogP contribution is -1.84. The van der Waals surface area contributed by atoms with Gasteiger partial charge in [-0.15, -0.1) is 0 Å². The topological polar surface area (TPSA) is 45.8 Å². The molecule has 0 fully saturated rings. The summed E-state index contributed by atoms with van der Waals surface area (Å²) in [6.45, 7) is 3.45. The molecule has 0 saturated carbocycles. The molecule has 0 spiro atoms. The first kappa shape index (κ1) is 10.9. The summed E-state index contributed by atoms with van der Waals surface area (Å²) in [7, 11) is 0. The third kappa shape index (κ3) is 4.15. The molecule has 0 aliphatic heterocycles. The number of carbonyl (C=O) groups excluding carboxylic acids is 1. The van der Waals surface area contributed by atoms with Crippen LogP contribution in [0, 0.1) is 18.8 Å². The SMILES string of the molecule is CC(=O)SCCC#Cc1cnc(C)[nH]1. The lowest BCUT2D eigenvalue weighted by Gasteiger charge is -1.87. The average Bonchev–Trinajstić information content (AvgIpc) is 2.50. The number of nitrogens with zero attached hydrogens (tertiary/aromatic N) is 1. The van der Waals surface area contributed by atoms with Crippen LogP contribution < -0.4 is 0 Å². The van der Waals surface area contributed by atoms with Crippen LogP contribution in [0.4, 0.5) is 0 Å². The zero-order valence-corrected chi connectivity index (χ0v) is 9.07. The van der Waals surface area contributed by atoms with E-state index in [1.807, 2.05) is 6.92 Å².